The molecule has 3 rings (SSSR count). The number of ether oxygens (including phenoxy) is 1. The van der Waals surface area contributed by atoms with Gasteiger partial charge in [-0.3, -0.25) is 0 Å². The number of rotatable bonds is 4. The van der Waals surface area contributed by atoms with E-state index in [0.29, 0.717) is 44.3 Å². The van der Waals surface area contributed by atoms with Gasteiger partial charge >= 0.3 is 6.09 Å². The predicted molar refractivity (Wildman–Crippen MR) is 102 cm³/mol. The van der Waals surface area contributed by atoms with Crippen LogP contribution in [0, 0.1) is 18.3 Å². The minimum atomic E-state index is -0.265. The van der Waals surface area contributed by atoms with Crippen molar-refractivity contribution in [1.82, 2.24) is 14.9 Å². The smallest absolute Gasteiger partial charge is 0.409 e. The maximum Gasteiger partial charge on any atom is 0.409 e. The Hall–Kier alpha value is -3.34. The molecule has 27 heavy (non-hydrogen) atoms. The number of carbonyl (C=O) groups excluding carboxylic acids is 1. The van der Waals surface area contributed by atoms with Crippen LogP contribution in [0.3, 0.4) is 0 Å². The summed E-state index contributed by atoms with van der Waals surface area (Å²) in [6.45, 7) is 6.68. The fourth-order valence-electron chi connectivity index (χ4n) is 2.86. The molecule has 0 saturated carbocycles. The van der Waals surface area contributed by atoms with Crippen LogP contribution in [-0.2, 0) is 4.74 Å². The van der Waals surface area contributed by atoms with Crippen LogP contribution in [0.2, 0.25) is 0 Å². The Kier molecular flexibility index (Phi) is 5.71. The third-order valence-corrected chi connectivity index (χ3v) is 4.24. The van der Waals surface area contributed by atoms with Gasteiger partial charge in [-0.05, 0) is 38.1 Å². The van der Waals surface area contributed by atoms with Crippen LogP contribution >= 0.6 is 0 Å². The molecule has 1 aliphatic heterocycles. The third kappa shape index (κ3) is 4.64. The van der Waals surface area contributed by atoms with E-state index < -0.39 is 0 Å². The second-order valence-electron chi connectivity index (χ2n) is 6.18. The lowest BCUT2D eigenvalue weighted by molar-refractivity contribution is 0.105. The number of aromatic nitrogens is 2. The van der Waals surface area contributed by atoms with Gasteiger partial charge in [0.05, 0.1) is 18.2 Å². The number of hydrogen-bond donors (Lipinski definition) is 1. The minimum absolute atomic E-state index is 0.265. The number of nitrogens with one attached hydrogen (secondary N) is 1. The molecule has 0 atom stereocenters. The SMILES string of the molecule is CCOC(=O)N1CCN(c2cc(C)nc(Nc3ccc(C#N)cc3)n2)CC1. The highest BCUT2D eigenvalue weighted by Gasteiger charge is 2.23. The molecule has 0 bridgehead atoms. The Morgan fingerprint density at radius 1 is 1.22 bits per heavy atom. The molecule has 140 valence electrons. The Balaban J connectivity index is 1.68. The third-order valence-electron chi connectivity index (χ3n) is 4.24. The summed E-state index contributed by atoms with van der Waals surface area (Å²) in [6, 6.07) is 11.2. The van der Waals surface area contributed by atoms with Gasteiger partial charge in [0, 0.05) is 43.6 Å². The average Bonchev–Trinajstić information content (AvgIpc) is 2.68. The first-order chi connectivity index (χ1) is 13.1. The average molecular weight is 366 g/mol. The maximum absolute atomic E-state index is 11.8. The summed E-state index contributed by atoms with van der Waals surface area (Å²) >= 11 is 0. The van der Waals surface area contributed by atoms with E-state index in [-0.39, 0.29) is 6.09 Å². The monoisotopic (exact) mass is 366 g/mol. The molecular formula is C19H22N6O2. The first kappa shape index (κ1) is 18.5. The fraction of sp³-hybridized carbons (Fsp3) is 0.368. The number of piperazine rings is 1. The summed E-state index contributed by atoms with van der Waals surface area (Å²) in [5.74, 6) is 1.32. The molecule has 2 aromatic rings. The van der Waals surface area contributed by atoms with Crippen LogP contribution in [0.4, 0.5) is 22.2 Å². The van der Waals surface area contributed by atoms with Crippen molar-refractivity contribution < 1.29 is 9.53 Å². The summed E-state index contributed by atoms with van der Waals surface area (Å²) in [7, 11) is 0. The van der Waals surface area contributed by atoms with Crippen molar-refractivity contribution in [1.29, 1.82) is 5.26 Å². The Labute approximate surface area is 158 Å². The summed E-state index contributed by atoms with van der Waals surface area (Å²) in [4.78, 5) is 24.7. The summed E-state index contributed by atoms with van der Waals surface area (Å²) in [5.41, 5.74) is 2.27. The fourth-order valence-corrected chi connectivity index (χ4v) is 2.86. The van der Waals surface area contributed by atoms with Gasteiger partial charge in [0.15, 0.2) is 0 Å². The zero-order valence-corrected chi connectivity index (χ0v) is 15.5. The molecule has 1 amide bonds. The number of benzene rings is 1. The Morgan fingerprint density at radius 2 is 1.93 bits per heavy atom. The molecule has 1 saturated heterocycles. The van der Waals surface area contributed by atoms with E-state index in [1.165, 1.54) is 0 Å². The largest absolute Gasteiger partial charge is 0.450 e. The number of amides is 1. The van der Waals surface area contributed by atoms with E-state index in [2.05, 4.69) is 26.3 Å². The van der Waals surface area contributed by atoms with E-state index in [1.54, 1.807) is 24.0 Å². The van der Waals surface area contributed by atoms with Crippen LogP contribution in [0.1, 0.15) is 18.2 Å². The summed E-state index contributed by atoms with van der Waals surface area (Å²) < 4.78 is 5.06. The van der Waals surface area contributed by atoms with Gasteiger partial charge in [0.1, 0.15) is 5.82 Å². The number of anilines is 3. The lowest BCUT2D eigenvalue weighted by atomic mass is 10.2. The second-order valence-corrected chi connectivity index (χ2v) is 6.18. The molecule has 1 aromatic heterocycles. The van der Waals surface area contributed by atoms with Crippen molar-refractivity contribution in [2.24, 2.45) is 0 Å². The topological polar surface area (TPSA) is 94.4 Å². The van der Waals surface area contributed by atoms with E-state index in [9.17, 15) is 4.79 Å². The standard InChI is InChI=1S/C19H22N6O2/c1-3-27-19(26)25-10-8-24(9-11-25)17-12-14(2)21-18(23-17)22-16-6-4-15(13-20)5-7-16/h4-7,12H,3,8-11H2,1-2H3,(H,21,22,23). The Bertz CT molecular complexity index is 838. The van der Waals surface area contributed by atoms with Gasteiger partial charge in [-0.25, -0.2) is 9.78 Å². The molecule has 8 nitrogen and oxygen atoms in total. The molecular weight excluding hydrogens is 344 g/mol. The number of carbonyl (C=O) groups is 1. The van der Waals surface area contributed by atoms with Gasteiger partial charge in [0.2, 0.25) is 5.95 Å². The number of nitriles is 1. The zero-order chi connectivity index (χ0) is 19.2. The van der Waals surface area contributed by atoms with Gasteiger partial charge in [-0.1, -0.05) is 0 Å². The first-order valence-corrected chi connectivity index (χ1v) is 8.88. The van der Waals surface area contributed by atoms with E-state index in [1.807, 2.05) is 25.1 Å². The molecule has 0 unspecified atom stereocenters. The van der Waals surface area contributed by atoms with Crippen LogP contribution in [0.5, 0.6) is 0 Å². The maximum atomic E-state index is 11.8. The molecule has 0 spiro atoms. The van der Waals surface area contributed by atoms with Crippen molar-refractivity contribution in [2.75, 3.05) is 43.0 Å². The van der Waals surface area contributed by atoms with Crippen LogP contribution in [0.15, 0.2) is 30.3 Å². The molecule has 2 heterocycles. The van der Waals surface area contributed by atoms with E-state index in [0.717, 1.165) is 17.2 Å². The number of aryl methyl sites for hydroxylation is 1. The van der Waals surface area contributed by atoms with E-state index >= 15 is 0 Å². The molecule has 1 N–H and O–H groups in total. The quantitative estimate of drug-likeness (QED) is 0.889. The van der Waals surface area contributed by atoms with Crippen LogP contribution < -0.4 is 10.2 Å². The lowest BCUT2D eigenvalue weighted by Crippen LogP contribution is -2.49. The van der Waals surface area contributed by atoms with Gasteiger partial charge < -0.3 is 19.9 Å². The second kappa shape index (κ2) is 8.36. The van der Waals surface area contributed by atoms with Crippen molar-refractivity contribution in [3.8, 4) is 6.07 Å². The molecule has 1 aromatic carbocycles. The van der Waals surface area contributed by atoms with E-state index in [4.69, 9.17) is 10.00 Å². The normalized spacial score (nSPS) is 13.8. The minimum Gasteiger partial charge on any atom is -0.450 e. The highest BCUT2D eigenvalue weighted by Crippen LogP contribution is 2.20. The Morgan fingerprint density at radius 3 is 2.56 bits per heavy atom. The van der Waals surface area contributed by atoms with Gasteiger partial charge in [0.25, 0.3) is 0 Å². The highest BCUT2D eigenvalue weighted by atomic mass is 16.6. The van der Waals surface area contributed by atoms with Crippen LogP contribution in [0.25, 0.3) is 0 Å². The molecule has 0 aliphatic carbocycles. The molecule has 1 aliphatic rings. The van der Waals surface area contributed by atoms with Gasteiger partial charge in [-0.15, -0.1) is 0 Å². The summed E-state index contributed by atoms with van der Waals surface area (Å²) in [5, 5.41) is 12.1. The van der Waals surface area contributed by atoms with Gasteiger partial charge in [-0.2, -0.15) is 10.2 Å². The van der Waals surface area contributed by atoms with Crippen molar-refractivity contribution >= 4 is 23.5 Å². The van der Waals surface area contributed by atoms with Crippen molar-refractivity contribution in [2.45, 2.75) is 13.8 Å². The molecule has 1 fully saturated rings. The highest BCUT2D eigenvalue weighted by molar-refractivity contribution is 5.68. The molecule has 8 heteroatoms. The number of nitrogens with zero attached hydrogens (tertiary/aromatic N) is 5. The predicted octanol–water partition coefficient (Wildman–Crippen LogP) is 2.68. The zero-order valence-electron chi connectivity index (χ0n) is 15.5. The van der Waals surface area contributed by atoms with Crippen molar-refractivity contribution in [3.05, 3.63) is 41.6 Å². The number of hydrogen-bond acceptors (Lipinski definition) is 7. The summed E-state index contributed by atoms with van der Waals surface area (Å²) in [6.07, 6.45) is -0.265. The molecule has 0 radical (unpaired) electrons. The lowest BCUT2D eigenvalue weighted by Gasteiger charge is -2.34. The first-order valence-electron chi connectivity index (χ1n) is 8.88. The van der Waals surface area contributed by atoms with Crippen molar-refractivity contribution in [3.63, 3.8) is 0 Å². The van der Waals surface area contributed by atoms with Crippen LogP contribution in [-0.4, -0.2) is 53.7 Å².